The zero-order valence-electron chi connectivity index (χ0n) is 29.5. The maximum atomic E-state index is 14.2. The summed E-state index contributed by atoms with van der Waals surface area (Å²) in [6, 6.07) is -0.197. The smallest absolute Gasteiger partial charge is 0.319 e. The second-order valence-electron chi connectivity index (χ2n) is 15.0. The summed E-state index contributed by atoms with van der Waals surface area (Å²) in [5.74, 6) is -1.19. The van der Waals surface area contributed by atoms with Crippen LogP contribution in [0, 0.1) is 23.2 Å². The lowest BCUT2D eigenvalue weighted by molar-refractivity contribution is -0.295. The Hall–Kier alpha value is -2.06. The number of hydrogen-bond donors (Lipinski definition) is 1. The van der Waals surface area contributed by atoms with Gasteiger partial charge in [-0.2, -0.15) is 0 Å². The van der Waals surface area contributed by atoms with E-state index in [1.165, 1.54) is 6.33 Å². The largest absolute Gasteiger partial charge is 0.463 e. The SMILES string of the molecule is CO[C@]1(C)C[C@@H](C)CN(C)C(C2CN(Cc3cncnc3)C2)COC(=O)C(C)(C)C(=O)[C@H](C)[C@H]1O[C@@H]1O[C@H](C)C[C@H](N(C)C)[C@H]1O. The van der Waals surface area contributed by atoms with Gasteiger partial charge in [-0.3, -0.25) is 19.4 Å². The highest BCUT2D eigenvalue weighted by atomic mass is 16.7. The summed E-state index contributed by atoms with van der Waals surface area (Å²) in [7, 11) is 7.56. The highest BCUT2D eigenvalue weighted by Gasteiger charge is 2.52. The van der Waals surface area contributed by atoms with E-state index in [1.54, 1.807) is 27.9 Å². The number of methoxy groups -OCH3 is 1. The molecule has 3 fully saturated rings. The number of carbonyl (C=O) groups is 2. The Balaban J connectivity index is 1.59. The van der Waals surface area contributed by atoms with Crippen LogP contribution in [0.5, 0.6) is 0 Å². The molecule has 0 radical (unpaired) electrons. The maximum absolute atomic E-state index is 14.2. The number of hydrogen-bond acceptors (Lipinski definition) is 12. The normalized spacial score (nSPS) is 37.6. The van der Waals surface area contributed by atoms with E-state index in [0.29, 0.717) is 18.8 Å². The van der Waals surface area contributed by atoms with Crippen molar-refractivity contribution in [2.75, 3.05) is 54.5 Å². The molecule has 0 saturated carbocycles. The summed E-state index contributed by atoms with van der Waals surface area (Å²) >= 11 is 0. The number of likely N-dealkylation sites (N-methyl/N-ethyl adjacent to an activating group) is 2. The van der Waals surface area contributed by atoms with Crippen LogP contribution in [0.15, 0.2) is 18.7 Å². The van der Waals surface area contributed by atoms with Crippen LogP contribution >= 0.6 is 0 Å². The molecule has 1 N–H and O–H groups in total. The fourth-order valence-corrected chi connectivity index (χ4v) is 7.71. The van der Waals surface area contributed by atoms with Crippen molar-refractivity contribution in [3.63, 3.8) is 0 Å². The Labute approximate surface area is 275 Å². The Bertz CT molecular complexity index is 1170. The number of Topliss-reactive ketones (excluding diaryl/α,β-unsaturated/α-hetero) is 1. The number of aliphatic hydroxyl groups excluding tert-OH is 1. The van der Waals surface area contributed by atoms with Crippen molar-refractivity contribution in [1.29, 1.82) is 0 Å². The Morgan fingerprint density at radius 3 is 2.35 bits per heavy atom. The molecule has 0 aromatic carbocycles. The molecule has 0 spiro atoms. The van der Waals surface area contributed by atoms with Crippen LogP contribution in [0.3, 0.4) is 0 Å². The molecule has 1 aromatic heterocycles. The van der Waals surface area contributed by atoms with E-state index in [1.807, 2.05) is 45.2 Å². The average Bonchev–Trinajstić information content (AvgIpc) is 2.98. The molecular formula is C34H57N5O7. The fraction of sp³-hybridized carbons (Fsp3) is 0.824. The van der Waals surface area contributed by atoms with Gasteiger partial charge >= 0.3 is 5.97 Å². The van der Waals surface area contributed by atoms with Crippen molar-refractivity contribution in [3.8, 4) is 0 Å². The van der Waals surface area contributed by atoms with Crippen molar-refractivity contribution in [2.24, 2.45) is 23.2 Å². The molecule has 4 rings (SSSR count). The van der Waals surface area contributed by atoms with Crippen LogP contribution in [-0.2, 0) is 35.1 Å². The van der Waals surface area contributed by atoms with Gasteiger partial charge in [-0.25, -0.2) is 9.97 Å². The van der Waals surface area contributed by atoms with Crippen LogP contribution in [0.25, 0.3) is 0 Å². The van der Waals surface area contributed by atoms with Crippen molar-refractivity contribution in [2.45, 2.75) is 103 Å². The van der Waals surface area contributed by atoms with Gasteiger partial charge in [-0.15, -0.1) is 0 Å². The van der Waals surface area contributed by atoms with Gasteiger partial charge in [0.2, 0.25) is 0 Å². The lowest BCUT2D eigenvalue weighted by Crippen LogP contribution is -2.59. The standard InChI is InChI=1S/C34H57N5O7/c1-21-12-34(6,43-10)30(46-31-28(40)26(37(7)8)11-22(2)45-31)23(3)29(41)33(4,5)32(42)44-19-27(38(9)15-21)25-17-39(18-25)16-24-13-35-20-36-14-24/h13-14,20-23,25-28,30-31,40H,11-12,15-19H2,1-10H3/t21-,22-,23+,26+,27?,28-,30-,31+,34-/m1/s1. The predicted molar refractivity (Wildman–Crippen MR) is 173 cm³/mol. The van der Waals surface area contributed by atoms with Gasteiger partial charge in [0.15, 0.2) is 12.1 Å². The topological polar surface area (TPSA) is 127 Å². The third-order valence-electron chi connectivity index (χ3n) is 10.5. The maximum Gasteiger partial charge on any atom is 0.319 e. The molecule has 3 aliphatic heterocycles. The molecule has 9 atom stereocenters. The van der Waals surface area contributed by atoms with E-state index in [-0.39, 0.29) is 36.5 Å². The lowest BCUT2D eigenvalue weighted by Gasteiger charge is -2.47. The van der Waals surface area contributed by atoms with E-state index < -0.39 is 41.4 Å². The zero-order chi connectivity index (χ0) is 34.0. The van der Waals surface area contributed by atoms with Gasteiger partial charge in [0.05, 0.1) is 17.8 Å². The minimum atomic E-state index is -1.43. The van der Waals surface area contributed by atoms with Gasteiger partial charge in [-0.05, 0) is 67.6 Å². The second kappa shape index (κ2) is 15.0. The molecule has 3 saturated heterocycles. The van der Waals surface area contributed by atoms with Gasteiger partial charge < -0.3 is 29.0 Å². The summed E-state index contributed by atoms with van der Waals surface area (Å²) in [4.78, 5) is 42.7. The van der Waals surface area contributed by atoms with Crippen molar-refractivity contribution in [3.05, 3.63) is 24.3 Å². The molecule has 3 aliphatic rings. The van der Waals surface area contributed by atoms with Gasteiger partial charge in [0, 0.05) is 75.2 Å². The molecule has 12 heteroatoms. The Morgan fingerprint density at radius 2 is 1.74 bits per heavy atom. The van der Waals surface area contributed by atoms with E-state index in [0.717, 1.165) is 31.7 Å². The number of aromatic nitrogens is 2. The lowest BCUT2D eigenvalue weighted by atomic mass is 9.74. The summed E-state index contributed by atoms with van der Waals surface area (Å²) in [6.45, 7) is 14.5. The first-order valence-electron chi connectivity index (χ1n) is 16.7. The summed E-state index contributed by atoms with van der Waals surface area (Å²) in [5, 5.41) is 11.3. The van der Waals surface area contributed by atoms with Crippen LogP contribution < -0.4 is 0 Å². The van der Waals surface area contributed by atoms with Crippen LogP contribution in [0.1, 0.15) is 59.9 Å². The van der Waals surface area contributed by atoms with Gasteiger partial charge in [0.25, 0.3) is 0 Å². The third-order valence-corrected chi connectivity index (χ3v) is 10.5. The highest BCUT2D eigenvalue weighted by molar-refractivity contribution is 6.04. The first-order chi connectivity index (χ1) is 21.6. The number of esters is 1. The molecule has 0 amide bonds. The first-order valence-corrected chi connectivity index (χ1v) is 16.7. The Morgan fingerprint density at radius 1 is 1.09 bits per heavy atom. The number of aliphatic hydroxyl groups is 1. The predicted octanol–water partition coefficient (Wildman–Crippen LogP) is 2.24. The second-order valence-corrected chi connectivity index (χ2v) is 15.0. The highest BCUT2D eigenvalue weighted by Crippen LogP contribution is 2.38. The number of carbonyl (C=O) groups excluding carboxylic acids is 2. The summed E-state index contributed by atoms with van der Waals surface area (Å²) < 4.78 is 25.0. The first kappa shape index (κ1) is 36.8. The summed E-state index contributed by atoms with van der Waals surface area (Å²) in [6.07, 6.45) is 3.56. The van der Waals surface area contributed by atoms with Crippen LogP contribution in [0.4, 0.5) is 0 Å². The molecule has 1 unspecified atom stereocenters. The quantitative estimate of drug-likeness (QED) is 0.345. The van der Waals surface area contributed by atoms with Crippen molar-refractivity contribution >= 4 is 11.8 Å². The number of rotatable bonds is 7. The van der Waals surface area contributed by atoms with Crippen LogP contribution in [-0.4, -0.2) is 138 Å². The minimum absolute atomic E-state index is 0.0187. The number of ether oxygens (including phenoxy) is 4. The molecule has 0 aliphatic carbocycles. The van der Waals surface area contributed by atoms with E-state index in [4.69, 9.17) is 18.9 Å². The monoisotopic (exact) mass is 647 g/mol. The molecular weight excluding hydrogens is 590 g/mol. The fourth-order valence-electron chi connectivity index (χ4n) is 7.71. The van der Waals surface area contributed by atoms with E-state index in [2.05, 4.69) is 33.7 Å². The molecule has 1 aromatic rings. The molecule has 0 bridgehead atoms. The molecule has 4 heterocycles. The zero-order valence-corrected chi connectivity index (χ0v) is 29.5. The van der Waals surface area contributed by atoms with Gasteiger partial charge in [-0.1, -0.05) is 13.8 Å². The number of nitrogens with zero attached hydrogens (tertiary/aromatic N) is 5. The number of cyclic esters (lactones) is 1. The summed E-state index contributed by atoms with van der Waals surface area (Å²) in [5.41, 5.74) is -1.29. The molecule has 12 nitrogen and oxygen atoms in total. The third kappa shape index (κ3) is 8.14. The van der Waals surface area contributed by atoms with Crippen molar-refractivity contribution in [1.82, 2.24) is 24.7 Å². The molecule has 260 valence electrons. The number of likely N-dealkylation sites (tertiary alicyclic amines) is 1. The average molecular weight is 648 g/mol. The van der Waals surface area contributed by atoms with Crippen LogP contribution in [0.2, 0.25) is 0 Å². The Kier molecular flexibility index (Phi) is 12.0. The van der Waals surface area contributed by atoms with E-state index >= 15 is 0 Å². The molecule has 46 heavy (non-hydrogen) atoms. The van der Waals surface area contributed by atoms with Gasteiger partial charge in [0.1, 0.15) is 24.5 Å². The number of ketones is 1. The minimum Gasteiger partial charge on any atom is -0.463 e. The van der Waals surface area contributed by atoms with Crippen molar-refractivity contribution < 1.29 is 33.6 Å². The van der Waals surface area contributed by atoms with E-state index in [9.17, 15) is 14.7 Å².